The number of benzene rings is 2. The zero-order chi connectivity index (χ0) is 18.1. The van der Waals surface area contributed by atoms with Gasteiger partial charge in [-0.3, -0.25) is 9.89 Å². The number of nitrogens with zero attached hydrogens (tertiary/aromatic N) is 2. The van der Waals surface area contributed by atoms with Gasteiger partial charge in [-0.05, 0) is 50.2 Å². The monoisotopic (exact) mass is 468 g/mol. The average molecular weight is 468 g/mol. The third kappa shape index (κ3) is 7.61. The molecule has 3 N–H and O–H groups in total. The van der Waals surface area contributed by atoms with E-state index >= 15 is 0 Å². The van der Waals surface area contributed by atoms with E-state index in [-0.39, 0.29) is 24.0 Å². The van der Waals surface area contributed by atoms with E-state index in [0.717, 1.165) is 24.4 Å². The van der Waals surface area contributed by atoms with Crippen LogP contribution in [-0.4, -0.2) is 37.6 Å². The van der Waals surface area contributed by atoms with Crippen molar-refractivity contribution in [3.05, 3.63) is 60.2 Å². The fourth-order valence-corrected chi connectivity index (χ4v) is 2.48. The molecule has 0 aliphatic rings. The quantitative estimate of drug-likeness (QED) is 0.350. The van der Waals surface area contributed by atoms with E-state index in [1.165, 1.54) is 5.56 Å². The van der Waals surface area contributed by atoms with Crippen LogP contribution < -0.4 is 15.8 Å². The molecule has 5 nitrogen and oxygen atoms in total. The second kappa shape index (κ2) is 11.7. The number of methoxy groups -OCH3 is 1. The summed E-state index contributed by atoms with van der Waals surface area (Å²) >= 11 is 0. The molecule has 0 fully saturated rings. The Balaban J connectivity index is 0.00000338. The highest BCUT2D eigenvalue weighted by molar-refractivity contribution is 14.0. The van der Waals surface area contributed by atoms with Crippen molar-refractivity contribution in [3.8, 4) is 5.75 Å². The summed E-state index contributed by atoms with van der Waals surface area (Å²) in [7, 11) is 3.79. The summed E-state index contributed by atoms with van der Waals surface area (Å²) in [6, 6.07) is 18.5. The van der Waals surface area contributed by atoms with Crippen LogP contribution in [0.2, 0.25) is 0 Å². The largest absolute Gasteiger partial charge is 0.497 e. The Labute approximate surface area is 173 Å². The molecule has 0 aromatic heterocycles. The van der Waals surface area contributed by atoms with E-state index in [0.29, 0.717) is 18.5 Å². The Morgan fingerprint density at radius 2 is 1.81 bits per heavy atom. The molecule has 1 unspecified atom stereocenters. The maximum absolute atomic E-state index is 5.96. The Morgan fingerprint density at radius 3 is 2.42 bits per heavy atom. The van der Waals surface area contributed by atoms with Gasteiger partial charge >= 0.3 is 0 Å². The molecule has 0 saturated heterocycles. The van der Waals surface area contributed by atoms with Crippen LogP contribution in [0.25, 0.3) is 0 Å². The zero-order valence-electron chi connectivity index (χ0n) is 15.7. The fraction of sp³-hybridized carbons (Fsp3) is 0.350. The maximum atomic E-state index is 5.96. The number of aliphatic imine (C=N–C) groups is 1. The van der Waals surface area contributed by atoms with Gasteiger partial charge in [-0.1, -0.05) is 30.3 Å². The highest BCUT2D eigenvalue weighted by Gasteiger charge is 2.09. The third-order valence-electron chi connectivity index (χ3n) is 4.22. The number of hydrogen-bond donors (Lipinski definition) is 2. The number of nitrogens with one attached hydrogen (secondary N) is 1. The van der Waals surface area contributed by atoms with Gasteiger partial charge in [0.15, 0.2) is 5.96 Å². The number of hydrogen-bond acceptors (Lipinski definition) is 3. The Hall–Kier alpha value is -1.80. The minimum Gasteiger partial charge on any atom is -0.497 e. The average Bonchev–Trinajstić information content (AvgIpc) is 2.63. The number of anilines is 1. The van der Waals surface area contributed by atoms with Gasteiger partial charge in [0, 0.05) is 24.8 Å². The molecule has 6 heteroatoms. The lowest BCUT2D eigenvalue weighted by Gasteiger charge is -2.24. The molecule has 0 saturated carbocycles. The first-order valence-corrected chi connectivity index (χ1v) is 8.53. The van der Waals surface area contributed by atoms with Crippen LogP contribution in [0.1, 0.15) is 18.9 Å². The molecule has 142 valence electrons. The van der Waals surface area contributed by atoms with Gasteiger partial charge in [-0.2, -0.15) is 0 Å². The van der Waals surface area contributed by atoms with E-state index in [9.17, 15) is 0 Å². The SMILES string of the molecule is COc1ccc(NC(N)=NCCC(C)N(C)Cc2ccccc2)cc1.I. The first kappa shape index (κ1) is 22.2. The van der Waals surface area contributed by atoms with Gasteiger partial charge < -0.3 is 15.8 Å². The summed E-state index contributed by atoms with van der Waals surface area (Å²) in [4.78, 5) is 6.75. The highest BCUT2D eigenvalue weighted by Crippen LogP contribution is 2.14. The lowest BCUT2D eigenvalue weighted by Crippen LogP contribution is -2.30. The molecule has 0 heterocycles. The smallest absolute Gasteiger partial charge is 0.193 e. The van der Waals surface area contributed by atoms with Gasteiger partial charge in [0.2, 0.25) is 0 Å². The van der Waals surface area contributed by atoms with Gasteiger partial charge in [0.05, 0.1) is 7.11 Å². The summed E-state index contributed by atoms with van der Waals surface area (Å²) in [5.41, 5.74) is 8.18. The molecule has 2 aromatic rings. The summed E-state index contributed by atoms with van der Waals surface area (Å²) in [5.74, 6) is 1.25. The third-order valence-corrected chi connectivity index (χ3v) is 4.22. The number of guanidine groups is 1. The first-order chi connectivity index (χ1) is 12.1. The summed E-state index contributed by atoms with van der Waals surface area (Å²) in [6.45, 7) is 3.84. The van der Waals surface area contributed by atoms with Crippen molar-refractivity contribution < 1.29 is 4.74 Å². The highest BCUT2D eigenvalue weighted by atomic mass is 127. The minimum absolute atomic E-state index is 0. The number of nitrogens with two attached hydrogens (primary N) is 1. The predicted octanol–water partition coefficient (Wildman–Crippen LogP) is 3.95. The Bertz CT molecular complexity index is 661. The van der Waals surface area contributed by atoms with Crippen molar-refractivity contribution in [2.45, 2.75) is 25.9 Å². The lowest BCUT2D eigenvalue weighted by molar-refractivity contribution is 0.240. The summed E-state index contributed by atoms with van der Waals surface area (Å²) in [6.07, 6.45) is 0.953. The molecule has 1 atom stereocenters. The summed E-state index contributed by atoms with van der Waals surface area (Å²) < 4.78 is 5.14. The zero-order valence-corrected chi connectivity index (χ0v) is 18.0. The lowest BCUT2D eigenvalue weighted by atomic mass is 10.1. The number of halogens is 1. The molecule has 0 aliphatic heterocycles. The molecule has 0 radical (unpaired) electrons. The van der Waals surface area contributed by atoms with Crippen molar-refractivity contribution in [2.75, 3.05) is 26.0 Å². The molecular formula is C20H29IN4O. The second-order valence-corrected chi connectivity index (χ2v) is 6.16. The van der Waals surface area contributed by atoms with E-state index in [4.69, 9.17) is 10.5 Å². The van der Waals surface area contributed by atoms with E-state index < -0.39 is 0 Å². The first-order valence-electron chi connectivity index (χ1n) is 8.53. The van der Waals surface area contributed by atoms with Gasteiger partial charge in [-0.15, -0.1) is 24.0 Å². The molecule has 0 aliphatic carbocycles. The summed E-state index contributed by atoms with van der Waals surface area (Å²) in [5, 5.41) is 3.09. The van der Waals surface area contributed by atoms with E-state index in [1.807, 2.05) is 30.3 Å². The predicted molar refractivity (Wildman–Crippen MR) is 121 cm³/mol. The molecule has 26 heavy (non-hydrogen) atoms. The molecule has 0 bridgehead atoms. The fourth-order valence-electron chi connectivity index (χ4n) is 2.48. The Morgan fingerprint density at radius 1 is 1.15 bits per heavy atom. The van der Waals surface area contributed by atoms with Crippen molar-refractivity contribution in [2.24, 2.45) is 10.7 Å². The van der Waals surface area contributed by atoms with Crippen molar-refractivity contribution >= 4 is 35.6 Å². The minimum atomic E-state index is 0. The maximum Gasteiger partial charge on any atom is 0.193 e. The standard InChI is InChI=1S/C20H28N4O.HI/c1-16(24(2)15-17-7-5-4-6-8-17)13-14-22-20(21)23-18-9-11-19(25-3)12-10-18;/h4-12,16H,13-15H2,1-3H3,(H3,21,22,23);1H. The van der Waals surface area contributed by atoms with Crippen LogP contribution in [0, 0.1) is 0 Å². The van der Waals surface area contributed by atoms with Crippen LogP contribution in [0.4, 0.5) is 5.69 Å². The van der Waals surface area contributed by atoms with Crippen LogP contribution in [0.5, 0.6) is 5.75 Å². The van der Waals surface area contributed by atoms with Gasteiger partial charge in [-0.25, -0.2) is 0 Å². The molecule has 0 spiro atoms. The molecular weight excluding hydrogens is 439 g/mol. The van der Waals surface area contributed by atoms with Crippen molar-refractivity contribution in [1.82, 2.24) is 4.90 Å². The number of rotatable bonds is 8. The van der Waals surface area contributed by atoms with Crippen LogP contribution >= 0.6 is 24.0 Å². The van der Waals surface area contributed by atoms with Crippen LogP contribution in [-0.2, 0) is 6.54 Å². The van der Waals surface area contributed by atoms with Gasteiger partial charge in [0.1, 0.15) is 5.75 Å². The van der Waals surface area contributed by atoms with Crippen LogP contribution in [0.3, 0.4) is 0 Å². The van der Waals surface area contributed by atoms with Gasteiger partial charge in [0.25, 0.3) is 0 Å². The number of ether oxygens (including phenoxy) is 1. The normalized spacial score (nSPS) is 12.4. The van der Waals surface area contributed by atoms with Crippen molar-refractivity contribution in [3.63, 3.8) is 0 Å². The molecule has 2 rings (SSSR count). The molecule has 2 aromatic carbocycles. The van der Waals surface area contributed by atoms with Crippen molar-refractivity contribution in [1.29, 1.82) is 0 Å². The van der Waals surface area contributed by atoms with E-state index in [2.05, 4.69) is 53.4 Å². The van der Waals surface area contributed by atoms with Crippen LogP contribution in [0.15, 0.2) is 59.6 Å². The topological polar surface area (TPSA) is 62.9 Å². The molecule has 0 amide bonds. The van der Waals surface area contributed by atoms with E-state index in [1.54, 1.807) is 7.11 Å². The second-order valence-electron chi connectivity index (χ2n) is 6.16. The Kier molecular flexibility index (Phi) is 10.0.